The average Bonchev–Trinajstić information content (AvgIpc) is 2.86. The first-order chi connectivity index (χ1) is 16.7. The van der Waals surface area contributed by atoms with Crippen molar-refractivity contribution in [2.24, 2.45) is 0 Å². The van der Waals surface area contributed by atoms with E-state index in [1.165, 1.54) is 0 Å². The molecule has 0 atom stereocenters. The van der Waals surface area contributed by atoms with E-state index in [9.17, 15) is 9.59 Å². The van der Waals surface area contributed by atoms with Crippen molar-refractivity contribution in [3.05, 3.63) is 71.8 Å². The van der Waals surface area contributed by atoms with Crippen LogP contribution >= 0.6 is 0 Å². The Balaban J connectivity index is 1.88. The number of benzene rings is 5. The van der Waals surface area contributed by atoms with Gasteiger partial charge in [-0.25, -0.2) is 9.59 Å². The lowest BCUT2D eigenvalue weighted by molar-refractivity contribution is 0.0454. The molecule has 0 bridgehead atoms. The Bertz CT molecular complexity index is 1510. The number of hydrogen-bond donors (Lipinski definition) is 0. The van der Waals surface area contributed by atoms with E-state index in [4.69, 9.17) is 9.47 Å². The number of hydrogen-bond acceptors (Lipinski definition) is 4. The van der Waals surface area contributed by atoms with Crippen LogP contribution < -0.4 is 0 Å². The van der Waals surface area contributed by atoms with Crippen LogP contribution in [0.4, 0.5) is 0 Å². The van der Waals surface area contributed by atoms with Crippen molar-refractivity contribution in [1.29, 1.82) is 0 Å². The van der Waals surface area contributed by atoms with Crippen molar-refractivity contribution in [3.8, 4) is 0 Å². The molecular weight excluding hydrogens is 424 g/mol. The number of carbonyl (C=O) groups excluding carboxylic acids is 2. The molecule has 172 valence electrons. The van der Waals surface area contributed by atoms with Gasteiger partial charge in [0.05, 0.1) is 24.3 Å². The standard InChI is InChI=1S/C30H28O4/c1-3-5-16-33-29(31)24-18-20-12-9-14-22-21-13-7-10-19-11-8-15-23(25(19)21)27(26(20)22)28(24)30(32)34-17-6-4-2/h7-15,18H,3-6,16-17H2,1-2H3. The number of carbonyl (C=O) groups is 2. The first-order valence-corrected chi connectivity index (χ1v) is 12.1. The summed E-state index contributed by atoms with van der Waals surface area (Å²) in [4.78, 5) is 26.8. The molecule has 0 aromatic heterocycles. The number of fused-ring (bicyclic) bond motifs is 2. The SMILES string of the molecule is CCCCOC(=O)c1cc2cccc3c4cccc5cccc(c(c1C(=O)OCCCC)c23)c54. The van der Waals surface area contributed by atoms with Crippen molar-refractivity contribution < 1.29 is 19.1 Å². The van der Waals surface area contributed by atoms with Gasteiger partial charge >= 0.3 is 11.9 Å². The highest BCUT2D eigenvalue weighted by Crippen LogP contribution is 2.42. The molecule has 5 aromatic carbocycles. The van der Waals surface area contributed by atoms with E-state index in [1.807, 2.05) is 38.1 Å². The fourth-order valence-electron chi connectivity index (χ4n) is 4.87. The van der Waals surface area contributed by atoms with Crippen molar-refractivity contribution in [1.82, 2.24) is 0 Å². The third kappa shape index (κ3) is 3.63. The van der Waals surface area contributed by atoms with E-state index in [0.717, 1.165) is 68.8 Å². The zero-order valence-corrected chi connectivity index (χ0v) is 19.6. The summed E-state index contributed by atoms with van der Waals surface area (Å²) < 4.78 is 11.3. The molecule has 0 heterocycles. The third-order valence-corrected chi connectivity index (χ3v) is 6.52. The normalized spacial score (nSPS) is 11.6. The quantitative estimate of drug-likeness (QED) is 0.105. The van der Waals surface area contributed by atoms with Gasteiger partial charge in [-0.3, -0.25) is 0 Å². The maximum Gasteiger partial charge on any atom is 0.339 e. The van der Waals surface area contributed by atoms with E-state index in [-0.39, 0.29) is 5.56 Å². The van der Waals surface area contributed by atoms with E-state index >= 15 is 0 Å². The van der Waals surface area contributed by atoms with Crippen LogP contribution in [0.1, 0.15) is 60.2 Å². The smallest absolute Gasteiger partial charge is 0.339 e. The summed E-state index contributed by atoms with van der Waals surface area (Å²) in [5.74, 6) is -0.954. The van der Waals surface area contributed by atoms with Crippen molar-refractivity contribution in [2.75, 3.05) is 13.2 Å². The Hall–Kier alpha value is -3.66. The highest BCUT2D eigenvalue weighted by Gasteiger charge is 2.27. The maximum atomic E-state index is 13.5. The minimum absolute atomic E-state index is 0.272. The summed E-state index contributed by atoms with van der Waals surface area (Å²) in [5, 5.41) is 7.97. The zero-order chi connectivity index (χ0) is 23.7. The second-order valence-corrected chi connectivity index (χ2v) is 8.77. The van der Waals surface area contributed by atoms with Gasteiger partial charge in [-0.05, 0) is 56.6 Å². The van der Waals surface area contributed by atoms with Crippen LogP contribution in [-0.4, -0.2) is 25.2 Å². The van der Waals surface area contributed by atoms with Crippen LogP contribution in [0.15, 0.2) is 60.7 Å². The number of unbranched alkanes of at least 4 members (excludes halogenated alkanes) is 2. The molecule has 4 heteroatoms. The number of ether oxygens (including phenoxy) is 2. The Labute approximate surface area is 198 Å². The third-order valence-electron chi connectivity index (χ3n) is 6.52. The minimum Gasteiger partial charge on any atom is -0.462 e. The van der Waals surface area contributed by atoms with E-state index < -0.39 is 11.9 Å². The Kier molecular flexibility index (Phi) is 6.06. The summed E-state index contributed by atoms with van der Waals surface area (Å²) in [7, 11) is 0. The first kappa shape index (κ1) is 22.1. The molecule has 0 N–H and O–H groups in total. The fourth-order valence-corrected chi connectivity index (χ4v) is 4.87. The van der Waals surface area contributed by atoms with Crippen LogP contribution in [0.3, 0.4) is 0 Å². The minimum atomic E-state index is -0.481. The Morgan fingerprint density at radius 2 is 1.21 bits per heavy atom. The molecule has 0 aliphatic heterocycles. The second kappa shape index (κ2) is 9.30. The summed E-state index contributed by atoms with van der Waals surface area (Å²) in [6, 6.07) is 20.2. The summed E-state index contributed by atoms with van der Waals surface area (Å²) in [5.41, 5.74) is 0.577. The molecule has 0 aliphatic carbocycles. The van der Waals surface area contributed by atoms with Gasteiger partial charge in [0.15, 0.2) is 0 Å². The number of rotatable bonds is 8. The molecule has 0 saturated heterocycles. The molecule has 5 rings (SSSR count). The predicted molar refractivity (Wildman–Crippen MR) is 138 cm³/mol. The van der Waals surface area contributed by atoms with Crippen LogP contribution in [0.2, 0.25) is 0 Å². The van der Waals surface area contributed by atoms with Crippen LogP contribution in [-0.2, 0) is 9.47 Å². The van der Waals surface area contributed by atoms with Gasteiger partial charge in [0.25, 0.3) is 0 Å². The average molecular weight is 453 g/mol. The lowest BCUT2D eigenvalue weighted by Crippen LogP contribution is -2.16. The predicted octanol–water partition coefficient (Wildman–Crippen LogP) is 7.65. The van der Waals surface area contributed by atoms with Crippen LogP contribution in [0, 0.1) is 0 Å². The summed E-state index contributed by atoms with van der Waals surface area (Å²) in [6.45, 7) is 4.74. The summed E-state index contributed by atoms with van der Waals surface area (Å²) in [6.07, 6.45) is 3.39. The van der Waals surface area contributed by atoms with Crippen LogP contribution in [0.5, 0.6) is 0 Å². The highest BCUT2D eigenvalue weighted by atomic mass is 16.5. The lowest BCUT2D eigenvalue weighted by Gasteiger charge is -2.19. The van der Waals surface area contributed by atoms with Gasteiger partial charge in [0, 0.05) is 5.39 Å². The topological polar surface area (TPSA) is 52.6 Å². The molecule has 34 heavy (non-hydrogen) atoms. The highest BCUT2D eigenvalue weighted by molar-refractivity contribution is 6.36. The second-order valence-electron chi connectivity index (χ2n) is 8.77. The fraction of sp³-hybridized carbons (Fsp3) is 0.267. The van der Waals surface area contributed by atoms with Gasteiger partial charge in [-0.1, -0.05) is 81.3 Å². The van der Waals surface area contributed by atoms with Gasteiger partial charge in [-0.15, -0.1) is 0 Å². The summed E-state index contributed by atoms with van der Waals surface area (Å²) >= 11 is 0. The first-order valence-electron chi connectivity index (χ1n) is 12.1. The van der Waals surface area contributed by atoms with E-state index in [0.29, 0.717) is 18.8 Å². The molecule has 0 fully saturated rings. The molecule has 0 aliphatic rings. The molecule has 0 spiro atoms. The Morgan fingerprint density at radius 1 is 0.647 bits per heavy atom. The Morgan fingerprint density at radius 3 is 1.85 bits per heavy atom. The van der Waals surface area contributed by atoms with E-state index in [1.54, 1.807) is 6.07 Å². The molecule has 0 saturated carbocycles. The number of esters is 2. The molecule has 5 aromatic rings. The van der Waals surface area contributed by atoms with Crippen molar-refractivity contribution in [3.63, 3.8) is 0 Å². The maximum absolute atomic E-state index is 13.5. The molecule has 4 nitrogen and oxygen atoms in total. The molecule has 0 unspecified atom stereocenters. The molecule has 0 amide bonds. The monoisotopic (exact) mass is 452 g/mol. The van der Waals surface area contributed by atoms with Crippen molar-refractivity contribution in [2.45, 2.75) is 39.5 Å². The van der Waals surface area contributed by atoms with Crippen molar-refractivity contribution >= 4 is 55.0 Å². The zero-order valence-electron chi connectivity index (χ0n) is 19.6. The van der Waals surface area contributed by atoms with Gasteiger partial charge in [0.2, 0.25) is 0 Å². The molecule has 0 radical (unpaired) electrons. The van der Waals surface area contributed by atoms with E-state index in [2.05, 4.69) is 30.3 Å². The van der Waals surface area contributed by atoms with Gasteiger partial charge in [-0.2, -0.15) is 0 Å². The largest absolute Gasteiger partial charge is 0.462 e. The molecular formula is C30H28O4. The lowest BCUT2D eigenvalue weighted by atomic mass is 9.86. The van der Waals surface area contributed by atoms with Gasteiger partial charge < -0.3 is 9.47 Å². The van der Waals surface area contributed by atoms with Gasteiger partial charge in [0.1, 0.15) is 0 Å². The van der Waals surface area contributed by atoms with Crippen LogP contribution in [0.25, 0.3) is 43.1 Å².